The topological polar surface area (TPSA) is 151 Å². The van der Waals surface area contributed by atoms with Crippen LogP contribution in [0, 0.1) is 5.82 Å². The third kappa shape index (κ3) is 5.47. The number of amides is 1. The van der Waals surface area contributed by atoms with Crippen molar-refractivity contribution in [1.29, 1.82) is 0 Å². The second-order valence-corrected chi connectivity index (χ2v) is 8.29. The molecule has 2 heterocycles. The van der Waals surface area contributed by atoms with Gasteiger partial charge >= 0.3 is 0 Å². The molecule has 2 aromatic heterocycles. The zero-order chi connectivity index (χ0) is 25.7. The number of aromatic nitrogens is 5. The molecule has 4 rings (SSSR count). The van der Waals surface area contributed by atoms with Gasteiger partial charge in [-0.2, -0.15) is 9.78 Å². The molecule has 4 N–H and O–H groups in total. The van der Waals surface area contributed by atoms with Gasteiger partial charge in [-0.3, -0.25) is 4.79 Å². The maximum Gasteiger partial charge on any atom is 0.294 e. The van der Waals surface area contributed by atoms with Crippen LogP contribution in [0.25, 0.3) is 5.82 Å². The van der Waals surface area contributed by atoms with Gasteiger partial charge in [0.05, 0.1) is 25.3 Å². The van der Waals surface area contributed by atoms with Gasteiger partial charge in [-0.1, -0.05) is 35.0 Å². The normalized spacial score (nSPS) is 11.4. The molecule has 0 aliphatic carbocycles. The van der Waals surface area contributed by atoms with Gasteiger partial charge in [0.15, 0.2) is 5.69 Å². The number of quaternary nitrogens is 1. The van der Waals surface area contributed by atoms with E-state index >= 15 is 0 Å². The fraction of sp³-hybridized carbons (Fsp3) is 0.182. The summed E-state index contributed by atoms with van der Waals surface area (Å²) in [5, 5.41) is 19.5. The van der Waals surface area contributed by atoms with Crippen molar-refractivity contribution >= 4 is 29.5 Å². The Bertz CT molecular complexity index is 1380. The first-order valence-corrected chi connectivity index (χ1v) is 11.0. The Morgan fingerprint density at radius 3 is 2.81 bits per heavy atom. The summed E-state index contributed by atoms with van der Waals surface area (Å²) < 4.78 is 25.7. The largest absolute Gasteiger partial charge is 0.488 e. The van der Waals surface area contributed by atoms with Gasteiger partial charge < -0.3 is 15.4 Å². The molecule has 4 aromatic rings. The van der Waals surface area contributed by atoms with Crippen molar-refractivity contribution in [3.05, 3.63) is 75.8 Å². The summed E-state index contributed by atoms with van der Waals surface area (Å²) in [6.07, 6.45) is 1.40. The summed E-state index contributed by atoms with van der Waals surface area (Å²) in [6, 6.07) is 11.4. The maximum absolute atomic E-state index is 14.1. The van der Waals surface area contributed by atoms with Gasteiger partial charge in [-0.15, -0.1) is 5.10 Å². The first-order chi connectivity index (χ1) is 17.3. The van der Waals surface area contributed by atoms with Crippen molar-refractivity contribution in [3.63, 3.8) is 0 Å². The lowest BCUT2D eigenvalue weighted by atomic mass is 10.2. The highest BCUT2D eigenvalue weighted by molar-refractivity contribution is 6.31. The fourth-order valence-electron chi connectivity index (χ4n) is 3.23. The van der Waals surface area contributed by atoms with Crippen LogP contribution >= 0.6 is 11.6 Å². The molecular formula is C22H22ClFN9O3+. The van der Waals surface area contributed by atoms with Crippen LogP contribution in [0.2, 0.25) is 5.02 Å². The van der Waals surface area contributed by atoms with Gasteiger partial charge in [-0.25, -0.2) is 14.4 Å². The predicted octanol–water partition coefficient (Wildman–Crippen LogP) is 1.01. The number of nitrogen functional groups attached to an aromatic ring is 1. The molecule has 0 radical (unpaired) electrons. The lowest BCUT2D eigenvalue weighted by Gasteiger charge is -2.11. The van der Waals surface area contributed by atoms with E-state index in [1.165, 1.54) is 23.0 Å². The molecule has 186 valence electrons. The first kappa shape index (κ1) is 24.8. The zero-order valence-electron chi connectivity index (χ0n) is 19.3. The minimum absolute atomic E-state index is 0.00756. The molecule has 0 aliphatic rings. The molecule has 0 aliphatic heterocycles. The number of benzene rings is 2. The van der Waals surface area contributed by atoms with E-state index in [0.717, 1.165) is 4.90 Å². The number of halogens is 2. The molecule has 12 nitrogen and oxygen atoms in total. The van der Waals surface area contributed by atoms with E-state index in [2.05, 4.69) is 35.8 Å². The summed E-state index contributed by atoms with van der Waals surface area (Å²) in [4.78, 5) is 13.8. The standard InChI is InChI=1S/C22H21ClFN9O3/c1-32(2)11-17-19(27-31-33(17)21-20(25)29-36-30-21)22(34)28-26-10-13-6-3-4-9-18(13)35-12-14-15(23)7-5-8-16(14)24/h3-10H,11-12H2,1-2H3,(H2,25,29)(H,28,34)/p+1/b26-10-. The summed E-state index contributed by atoms with van der Waals surface area (Å²) in [5.41, 5.74) is 9.46. The summed E-state index contributed by atoms with van der Waals surface area (Å²) in [7, 11) is 3.79. The molecule has 0 atom stereocenters. The van der Waals surface area contributed by atoms with Crippen molar-refractivity contribution in [2.45, 2.75) is 13.2 Å². The SMILES string of the molecule is C[NH+](C)Cc1c(C(=O)N/N=C\c2ccccc2OCc2c(F)cccc2Cl)nnn1-c1nonc1N. The smallest absolute Gasteiger partial charge is 0.294 e. The highest BCUT2D eigenvalue weighted by atomic mass is 35.5. The second kappa shape index (κ2) is 10.9. The van der Waals surface area contributed by atoms with Crippen molar-refractivity contribution in [2.24, 2.45) is 5.10 Å². The fourth-order valence-corrected chi connectivity index (χ4v) is 3.45. The molecule has 0 saturated heterocycles. The number of hydrogen-bond acceptors (Lipinski definition) is 9. The van der Waals surface area contributed by atoms with Gasteiger partial charge in [0.1, 0.15) is 30.4 Å². The average Bonchev–Trinajstić information content (AvgIpc) is 3.44. The number of carbonyl (C=O) groups excluding carboxylic acids is 1. The van der Waals surface area contributed by atoms with Gasteiger partial charge in [0.25, 0.3) is 5.91 Å². The van der Waals surface area contributed by atoms with E-state index in [1.54, 1.807) is 30.3 Å². The zero-order valence-corrected chi connectivity index (χ0v) is 20.0. The van der Waals surface area contributed by atoms with E-state index in [4.69, 9.17) is 22.1 Å². The van der Waals surface area contributed by atoms with Crippen LogP contribution in [0.4, 0.5) is 10.2 Å². The molecule has 0 fully saturated rings. The Kier molecular flexibility index (Phi) is 7.51. The Balaban J connectivity index is 1.50. The van der Waals surface area contributed by atoms with Crippen LogP contribution in [0.1, 0.15) is 27.3 Å². The maximum atomic E-state index is 14.1. The molecule has 0 spiro atoms. The van der Waals surface area contributed by atoms with Crippen LogP contribution < -0.4 is 20.8 Å². The molecule has 36 heavy (non-hydrogen) atoms. The summed E-state index contributed by atoms with van der Waals surface area (Å²) in [5.74, 6) is -0.505. The van der Waals surface area contributed by atoms with Crippen LogP contribution in [0.5, 0.6) is 5.75 Å². The lowest BCUT2D eigenvalue weighted by Crippen LogP contribution is -3.04. The number of nitrogens with one attached hydrogen (secondary N) is 2. The third-order valence-electron chi connectivity index (χ3n) is 4.92. The minimum Gasteiger partial charge on any atom is -0.488 e. The van der Waals surface area contributed by atoms with Crippen LogP contribution in [-0.4, -0.2) is 51.5 Å². The van der Waals surface area contributed by atoms with Crippen LogP contribution in [0.15, 0.2) is 52.2 Å². The van der Waals surface area contributed by atoms with E-state index in [-0.39, 0.29) is 34.5 Å². The van der Waals surface area contributed by atoms with E-state index < -0.39 is 11.7 Å². The third-order valence-corrected chi connectivity index (χ3v) is 5.27. The van der Waals surface area contributed by atoms with Crippen molar-refractivity contribution in [2.75, 3.05) is 19.8 Å². The number of para-hydroxylation sites is 1. The van der Waals surface area contributed by atoms with Crippen molar-refractivity contribution in [1.82, 2.24) is 30.7 Å². The molecular weight excluding hydrogens is 493 g/mol. The Hall–Kier alpha value is -4.36. The minimum atomic E-state index is -0.597. The number of hydrazone groups is 1. The van der Waals surface area contributed by atoms with Crippen molar-refractivity contribution in [3.8, 4) is 11.6 Å². The number of ether oxygens (including phenoxy) is 1. The number of nitrogens with two attached hydrogens (primary N) is 1. The highest BCUT2D eigenvalue weighted by Gasteiger charge is 2.25. The molecule has 0 unspecified atom stereocenters. The number of nitrogens with zero attached hydrogens (tertiary/aromatic N) is 6. The van der Waals surface area contributed by atoms with Crippen LogP contribution in [-0.2, 0) is 13.2 Å². The number of hydrogen-bond donors (Lipinski definition) is 3. The Morgan fingerprint density at radius 2 is 2.08 bits per heavy atom. The quantitative estimate of drug-likeness (QED) is 0.221. The second-order valence-electron chi connectivity index (χ2n) is 7.88. The van der Waals surface area contributed by atoms with E-state index in [1.807, 2.05) is 14.1 Å². The van der Waals surface area contributed by atoms with Crippen LogP contribution in [0.3, 0.4) is 0 Å². The van der Waals surface area contributed by atoms with Crippen molar-refractivity contribution < 1.29 is 23.5 Å². The average molecular weight is 515 g/mol. The van der Waals surface area contributed by atoms with Gasteiger partial charge in [0.2, 0.25) is 11.6 Å². The predicted molar refractivity (Wildman–Crippen MR) is 127 cm³/mol. The summed E-state index contributed by atoms with van der Waals surface area (Å²) >= 11 is 6.07. The Labute approximate surface area is 209 Å². The number of anilines is 1. The monoisotopic (exact) mass is 514 g/mol. The Morgan fingerprint density at radius 1 is 1.28 bits per heavy atom. The van der Waals surface area contributed by atoms with E-state index in [0.29, 0.717) is 23.6 Å². The van der Waals surface area contributed by atoms with Gasteiger partial charge in [-0.05, 0) is 34.6 Å². The number of rotatable bonds is 9. The molecule has 14 heteroatoms. The van der Waals surface area contributed by atoms with Gasteiger partial charge in [0, 0.05) is 11.1 Å². The molecule has 0 bridgehead atoms. The first-order valence-electron chi connectivity index (χ1n) is 10.6. The molecule has 2 aromatic carbocycles. The molecule has 0 saturated carbocycles. The number of carbonyl (C=O) groups is 1. The lowest BCUT2D eigenvalue weighted by molar-refractivity contribution is -0.873. The highest BCUT2D eigenvalue weighted by Crippen LogP contribution is 2.23. The van der Waals surface area contributed by atoms with E-state index in [9.17, 15) is 9.18 Å². The molecule has 1 amide bonds. The summed E-state index contributed by atoms with van der Waals surface area (Å²) in [6.45, 7) is 0.295.